The van der Waals surface area contributed by atoms with Crippen molar-refractivity contribution < 1.29 is 119 Å². The van der Waals surface area contributed by atoms with Crippen LogP contribution in [0.4, 0.5) is 11.4 Å². The van der Waals surface area contributed by atoms with Gasteiger partial charge in [0.25, 0.3) is 6.47 Å². The molecule has 2 aliphatic rings. The molecule has 2 fully saturated rings. The number of piperazine rings is 2. The zero-order valence-electron chi connectivity index (χ0n) is 27.1. The number of carbonyl (C=O) groups is 1. The Balaban J connectivity index is -0.000000121. The number of hydrogen-bond donors (Lipinski definition) is 1. The number of para-hydroxylation sites is 2. The predicted octanol–water partition coefficient (Wildman–Crippen LogP) is 1.13. The van der Waals surface area contributed by atoms with Gasteiger partial charge in [-0.15, -0.1) is 0 Å². The number of nitrogens with one attached hydrogen (secondary N) is 1. The molecule has 2 aromatic rings. The van der Waals surface area contributed by atoms with Gasteiger partial charge in [-0.1, -0.05) is 114 Å². The fourth-order valence-electron chi connectivity index (χ4n) is 4.36. The molecular formula is C34H63BrK2N4O3. The molecule has 0 bridgehead atoms. The molecule has 0 unspecified atom stereocenters. The number of unbranched alkanes of at least 4 members (excludes halogenated alkanes) is 4. The van der Waals surface area contributed by atoms with E-state index in [2.05, 4.69) is 115 Å². The molecule has 1 N–H and O–H groups in total. The van der Waals surface area contributed by atoms with Crippen LogP contribution in [0.1, 0.15) is 76.1 Å². The summed E-state index contributed by atoms with van der Waals surface area (Å²) in [5, 5.41) is 12.9. The van der Waals surface area contributed by atoms with E-state index in [0.29, 0.717) is 0 Å². The summed E-state index contributed by atoms with van der Waals surface area (Å²) in [6.07, 6.45) is 8.08. The number of anilines is 2. The van der Waals surface area contributed by atoms with E-state index in [-0.39, 0.29) is 133 Å². The molecule has 0 radical (unpaired) electrons. The maximum absolute atomic E-state index is 8.64. The standard InChI is InChI=1S/C15H24N2.C10H14N2.C5H11Br.CH2O3.3CH4.2K.H/c1-2-3-7-10-16-11-13-17(14-12-16)15-8-5-4-6-9-15;1-2-4-10(5-3-1)12-8-6-11-7-9-12;1-2-3-4-5-6;2-1-4-3;;;;;;/h4-6,8-9H,2-3,7,10-14H2,1H3;1-5,11H,6-9H2;2-5H2,1H3;1,3H;3*1H4;;;/q;;;;;;;2*+1;-1/p-1. The van der Waals surface area contributed by atoms with Crippen LogP contribution in [0, 0.1) is 0 Å². The first-order chi connectivity index (χ1) is 19.2. The van der Waals surface area contributed by atoms with Crippen molar-refractivity contribution in [3.05, 3.63) is 60.7 Å². The predicted molar refractivity (Wildman–Crippen MR) is 188 cm³/mol. The van der Waals surface area contributed by atoms with Crippen molar-refractivity contribution >= 4 is 33.8 Å². The molecule has 2 aromatic carbocycles. The number of halogens is 1. The number of hydrogen-bond acceptors (Lipinski definition) is 7. The van der Waals surface area contributed by atoms with Gasteiger partial charge in [0.1, 0.15) is 0 Å². The van der Waals surface area contributed by atoms with Crippen LogP contribution >= 0.6 is 15.9 Å². The summed E-state index contributed by atoms with van der Waals surface area (Å²) in [7, 11) is 0. The minimum Gasteiger partial charge on any atom is -1.00 e. The third-order valence-corrected chi connectivity index (χ3v) is 7.15. The average Bonchev–Trinajstić information content (AvgIpc) is 3.02. The van der Waals surface area contributed by atoms with Crippen molar-refractivity contribution in [2.75, 3.05) is 74.0 Å². The fourth-order valence-corrected chi connectivity index (χ4v) is 4.76. The molecule has 44 heavy (non-hydrogen) atoms. The van der Waals surface area contributed by atoms with Crippen molar-refractivity contribution in [2.24, 2.45) is 0 Å². The second-order valence-corrected chi connectivity index (χ2v) is 10.3. The first-order valence-corrected chi connectivity index (χ1v) is 15.6. The molecule has 0 atom stereocenters. The van der Waals surface area contributed by atoms with E-state index in [1.54, 1.807) is 0 Å². The first kappa shape index (κ1) is 54.6. The number of carbonyl (C=O) groups excluding carboxylic acids is 1. The van der Waals surface area contributed by atoms with Gasteiger partial charge >= 0.3 is 103 Å². The third-order valence-electron chi connectivity index (χ3n) is 6.59. The van der Waals surface area contributed by atoms with Crippen molar-refractivity contribution in [1.82, 2.24) is 10.2 Å². The Hall–Kier alpha value is 1.14. The van der Waals surface area contributed by atoms with Crippen molar-refractivity contribution in [3.63, 3.8) is 0 Å². The van der Waals surface area contributed by atoms with E-state index in [9.17, 15) is 0 Å². The maximum Gasteiger partial charge on any atom is 1.00 e. The molecule has 0 aliphatic carbocycles. The van der Waals surface area contributed by atoms with E-state index < -0.39 is 0 Å². The Bertz CT molecular complexity index is 803. The van der Waals surface area contributed by atoms with Gasteiger partial charge in [-0.3, -0.25) is 9.69 Å². The normalized spacial score (nSPS) is 13.3. The summed E-state index contributed by atoms with van der Waals surface area (Å²) in [5.74, 6) is 0. The summed E-state index contributed by atoms with van der Waals surface area (Å²) in [5.41, 5.74) is 2.72. The van der Waals surface area contributed by atoms with Crippen molar-refractivity contribution in [2.45, 2.75) is 74.7 Å². The second-order valence-electron chi connectivity index (χ2n) is 9.53. The summed E-state index contributed by atoms with van der Waals surface area (Å²) in [4.78, 5) is 18.8. The van der Waals surface area contributed by atoms with Gasteiger partial charge < -0.3 is 26.7 Å². The number of benzene rings is 2. The van der Waals surface area contributed by atoms with Crippen molar-refractivity contribution in [1.29, 1.82) is 0 Å². The molecule has 2 saturated heterocycles. The van der Waals surface area contributed by atoms with Gasteiger partial charge in [0, 0.05) is 69.1 Å². The molecule has 246 valence electrons. The summed E-state index contributed by atoms with van der Waals surface area (Å²) >= 11 is 3.35. The zero-order chi connectivity index (χ0) is 28.4. The van der Waals surface area contributed by atoms with E-state index in [0.717, 1.165) is 26.2 Å². The smallest absolute Gasteiger partial charge is 1.00 e. The maximum atomic E-state index is 8.64. The van der Waals surface area contributed by atoms with Crippen molar-refractivity contribution in [3.8, 4) is 0 Å². The average molecular weight is 734 g/mol. The van der Waals surface area contributed by atoms with Gasteiger partial charge in [-0.25, -0.2) is 0 Å². The van der Waals surface area contributed by atoms with Gasteiger partial charge in [0.2, 0.25) is 0 Å². The van der Waals surface area contributed by atoms with E-state index in [1.807, 2.05) is 0 Å². The quantitative estimate of drug-likeness (QED) is 0.0982. The Kier molecular flexibility index (Phi) is 50.0. The van der Waals surface area contributed by atoms with Crippen LogP contribution in [-0.2, 0) is 9.68 Å². The third kappa shape index (κ3) is 28.2. The van der Waals surface area contributed by atoms with Gasteiger partial charge in [0.15, 0.2) is 0 Å². The molecular weight excluding hydrogens is 670 g/mol. The summed E-state index contributed by atoms with van der Waals surface area (Å²) < 4.78 is 0. The molecule has 7 nitrogen and oxygen atoms in total. The number of rotatable bonds is 10. The molecule has 2 heterocycles. The van der Waals surface area contributed by atoms with Crippen LogP contribution in [0.15, 0.2) is 60.7 Å². The molecule has 4 rings (SSSR count). The van der Waals surface area contributed by atoms with Crippen LogP contribution in [0.2, 0.25) is 0 Å². The minimum absolute atomic E-state index is 0. The first-order valence-electron chi connectivity index (χ1n) is 14.5. The van der Waals surface area contributed by atoms with E-state index in [1.165, 1.54) is 88.0 Å². The van der Waals surface area contributed by atoms with Gasteiger partial charge in [-0.05, 0) is 43.7 Å². The van der Waals surface area contributed by atoms with E-state index >= 15 is 0 Å². The van der Waals surface area contributed by atoms with Crippen LogP contribution < -0.4 is 123 Å². The van der Waals surface area contributed by atoms with E-state index in [4.69, 9.17) is 10.1 Å². The Morgan fingerprint density at radius 1 is 0.750 bits per heavy atom. The van der Waals surface area contributed by atoms with Gasteiger partial charge in [-0.2, -0.15) is 0 Å². The van der Waals surface area contributed by atoms with Crippen LogP contribution in [0.5, 0.6) is 0 Å². The Labute approximate surface area is 367 Å². The molecule has 2 aliphatic heterocycles. The van der Waals surface area contributed by atoms with Crippen LogP contribution in [-0.4, -0.2) is 75.6 Å². The zero-order valence-corrected chi connectivity index (χ0v) is 33.9. The number of alkyl halides is 1. The number of nitrogens with zero attached hydrogens (tertiary/aromatic N) is 3. The van der Waals surface area contributed by atoms with Gasteiger partial charge in [0.05, 0.1) is 0 Å². The molecule has 0 aromatic heterocycles. The SMILES string of the molecule is C.C.C.CCCCCBr.CCCCCN1CCN(c2ccccc2)CC1.O=CO[O-].[H-].[K+].[K+].c1ccc(N2CCNCC2)cc1. The second kappa shape index (κ2) is 40.3. The molecule has 0 spiro atoms. The topological polar surface area (TPSA) is 71.1 Å². The largest absolute Gasteiger partial charge is 1.00 e. The molecule has 0 amide bonds. The summed E-state index contributed by atoms with van der Waals surface area (Å²) in [6.45, 7) is 14.9. The molecule has 0 saturated carbocycles. The molecule has 10 heteroatoms. The van der Waals surface area contributed by atoms with Crippen LogP contribution in [0.25, 0.3) is 0 Å². The monoisotopic (exact) mass is 732 g/mol. The minimum atomic E-state index is -0.181. The van der Waals surface area contributed by atoms with Crippen LogP contribution in [0.3, 0.4) is 0 Å². The fraction of sp³-hybridized carbons (Fsp3) is 0.618. The Morgan fingerprint density at radius 3 is 1.52 bits per heavy atom. The summed E-state index contributed by atoms with van der Waals surface area (Å²) in [6, 6.07) is 21.4. The Morgan fingerprint density at radius 2 is 1.16 bits per heavy atom.